The van der Waals surface area contributed by atoms with E-state index in [1.165, 1.54) is 0 Å². The first-order chi connectivity index (χ1) is 17.5. The zero-order valence-corrected chi connectivity index (χ0v) is 19.0. The largest absolute Gasteiger partial charge is 0.460 e. The molecule has 16 nitrogen and oxygen atoms in total. The van der Waals surface area contributed by atoms with Gasteiger partial charge >= 0.3 is 23.9 Å². The van der Waals surface area contributed by atoms with Gasteiger partial charge in [0.25, 0.3) is 0 Å². The van der Waals surface area contributed by atoms with E-state index in [0.29, 0.717) is 0 Å². The lowest BCUT2D eigenvalue weighted by Crippen LogP contribution is -2.32. The fraction of sp³-hybridized carbons (Fsp3) is 0.429. The van der Waals surface area contributed by atoms with Gasteiger partial charge < -0.3 is 59.8 Å². The van der Waals surface area contributed by atoms with Crippen LogP contribution in [0.5, 0.6) is 17.2 Å². The van der Waals surface area contributed by atoms with Crippen molar-refractivity contribution >= 4 is 30.0 Å². The summed E-state index contributed by atoms with van der Waals surface area (Å²) in [6.07, 6.45) is -5.95. The Morgan fingerprint density at radius 1 is 0.703 bits per heavy atom. The summed E-state index contributed by atoms with van der Waals surface area (Å²) < 4.78 is 19.4. The lowest BCUT2D eigenvalue weighted by Gasteiger charge is -2.18. The van der Waals surface area contributed by atoms with E-state index in [0.717, 1.165) is 24.3 Å². The highest BCUT2D eigenvalue weighted by molar-refractivity contribution is 5.90. The summed E-state index contributed by atoms with van der Waals surface area (Å²) >= 11 is 0. The lowest BCUT2D eigenvalue weighted by molar-refractivity contribution is -0.149. The van der Waals surface area contributed by atoms with Crippen molar-refractivity contribution in [2.75, 3.05) is 33.0 Å². The third kappa shape index (κ3) is 9.83. The Balaban J connectivity index is 3.59. The van der Waals surface area contributed by atoms with E-state index in [1.54, 1.807) is 0 Å². The van der Waals surface area contributed by atoms with E-state index in [1.807, 2.05) is 0 Å². The van der Waals surface area contributed by atoms with Crippen LogP contribution < -0.4 is 14.2 Å². The summed E-state index contributed by atoms with van der Waals surface area (Å²) in [6.45, 7) is -4.53. The van der Waals surface area contributed by atoms with Crippen LogP contribution in [0.4, 0.5) is 0 Å². The summed E-state index contributed by atoms with van der Waals surface area (Å²) in [5, 5.41) is 73.5. The maximum Gasteiger partial charge on any atom is 0.343 e. The second-order valence-electron chi connectivity index (χ2n) is 6.97. The molecule has 4 atom stereocenters. The molecule has 0 saturated carbocycles. The van der Waals surface area contributed by atoms with Crippen LogP contribution in [-0.4, -0.2) is 122 Å². The Labute approximate surface area is 208 Å². The first kappa shape index (κ1) is 31.5. The van der Waals surface area contributed by atoms with Crippen LogP contribution in [0.25, 0.3) is 6.08 Å². The van der Waals surface area contributed by atoms with Crippen molar-refractivity contribution in [3.05, 3.63) is 23.8 Å². The normalized spacial score (nSPS) is 14.4. The molecule has 0 heterocycles. The van der Waals surface area contributed by atoms with E-state index in [9.17, 15) is 39.6 Å². The molecule has 0 aliphatic carbocycles. The minimum absolute atomic E-state index is 0.276. The lowest BCUT2D eigenvalue weighted by atomic mass is 10.1. The van der Waals surface area contributed by atoms with Crippen molar-refractivity contribution < 1.29 is 79.0 Å². The third-order valence-corrected chi connectivity index (χ3v) is 4.09. The number of carbonyl (C=O) groups is 4. The third-order valence-electron chi connectivity index (χ3n) is 4.09. The second-order valence-corrected chi connectivity index (χ2v) is 6.97. The van der Waals surface area contributed by atoms with E-state index in [4.69, 9.17) is 34.6 Å². The maximum absolute atomic E-state index is 12.2. The molecule has 1 aromatic carbocycles. The Morgan fingerprint density at radius 3 is 1.68 bits per heavy atom. The summed E-state index contributed by atoms with van der Waals surface area (Å²) in [5.74, 6) is -8.01. The number of aliphatic hydroxyl groups excluding tert-OH is 8. The van der Waals surface area contributed by atoms with E-state index in [2.05, 4.69) is 4.74 Å². The SMILES string of the molecule is O=C(C=Cc1ccc(OC(=O)C(O)CO)c(OC(=O)C(O)CO)c1OC(=O)C(O)CO)OCC(O)CO. The van der Waals surface area contributed by atoms with Crippen LogP contribution in [0.1, 0.15) is 5.56 Å². The molecule has 1 aromatic rings. The zero-order chi connectivity index (χ0) is 28.1. The van der Waals surface area contributed by atoms with Crippen LogP contribution in [0.2, 0.25) is 0 Å². The van der Waals surface area contributed by atoms with Gasteiger partial charge in [-0.2, -0.15) is 0 Å². The fourth-order valence-electron chi connectivity index (χ4n) is 2.15. The molecule has 0 saturated heterocycles. The molecule has 0 fully saturated rings. The number of ether oxygens (including phenoxy) is 4. The molecule has 0 aliphatic rings. The summed E-state index contributed by atoms with van der Waals surface area (Å²) in [5.41, 5.74) is -0.276. The second kappa shape index (κ2) is 15.6. The van der Waals surface area contributed by atoms with E-state index < -0.39 is 98.6 Å². The number of carbonyl (C=O) groups excluding carboxylic acids is 4. The molecule has 8 N–H and O–H groups in total. The van der Waals surface area contributed by atoms with Gasteiger partial charge in [-0.25, -0.2) is 19.2 Å². The number of benzene rings is 1. The fourth-order valence-corrected chi connectivity index (χ4v) is 2.15. The van der Waals surface area contributed by atoms with Gasteiger partial charge in [0.15, 0.2) is 29.8 Å². The van der Waals surface area contributed by atoms with Gasteiger partial charge in [-0.3, -0.25) is 0 Å². The topological polar surface area (TPSA) is 267 Å². The van der Waals surface area contributed by atoms with Gasteiger partial charge in [-0.1, -0.05) is 0 Å². The zero-order valence-electron chi connectivity index (χ0n) is 19.0. The van der Waals surface area contributed by atoms with Crippen LogP contribution in [0.15, 0.2) is 18.2 Å². The highest BCUT2D eigenvalue weighted by Crippen LogP contribution is 2.42. The molecule has 0 radical (unpaired) electrons. The molecule has 0 bridgehead atoms. The predicted molar refractivity (Wildman–Crippen MR) is 116 cm³/mol. The monoisotopic (exact) mass is 534 g/mol. The van der Waals surface area contributed by atoms with E-state index >= 15 is 0 Å². The Kier molecular flexibility index (Phi) is 13.3. The van der Waals surface area contributed by atoms with E-state index in [-0.39, 0.29) is 5.56 Å². The molecule has 4 unspecified atom stereocenters. The summed E-state index contributed by atoms with van der Waals surface area (Å²) in [7, 11) is 0. The average molecular weight is 534 g/mol. The molecule has 0 amide bonds. The van der Waals surface area contributed by atoms with Crippen molar-refractivity contribution in [3.63, 3.8) is 0 Å². The highest BCUT2D eigenvalue weighted by Gasteiger charge is 2.29. The van der Waals surface area contributed by atoms with Gasteiger partial charge in [0, 0.05) is 11.6 Å². The first-order valence-electron chi connectivity index (χ1n) is 10.3. The predicted octanol–water partition coefficient (Wildman–Crippen LogP) is -4.63. The smallest absolute Gasteiger partial charge is 0.343 e. The number of esters is 4. The number of hydrogen-bond donors (Lipinski definition) is 8. The molecule has 37 heavy (non-hydrogen) atoms. The Bertz CT molecular complexity index is 974. The van der Waals surface area contributed by atoms with Crippen LogP contribution in [-0.2, 0) is 23.9 Å². The molecular weight excluding hydrogens is 508 g/mol. The molecule has 0 spiro atoms. The average Bonchev–Trinajstić information content (AvgIpc) is 2.90. The highest BCUT2D eigenvalue weighted by atomic mass is 16.6. The minimum Gasteiger partial charge on any atom is -0.460 e. The van der Waals surface area contributed by atoms with Gasteiger partial charge in [-0.05, 0) is 18.2 Å². The van der Waals surface area contributed by atoms with Crippen LogP contribution in [0.3, 0.4) is 0 Å². The van der Waals surface area contributed by atoms with Crippen molar-refractivity contribution in [3.8, 4) is 17.2 Å². The summed E-state index contributed by atoms with van der Waals surface area (Å²) in [4.78, 5) is 48.1. The molecule has 206 valence electrons. The van der Waals surface area contributed by atoms with Gasteiger partial charge in [-0.15, -0.1) is 0 Å². The van der Waals surface area contributed by atoms with Crippen LogP contribution in [0, 0.1) is 0 Å². The minimum atomic E-state index is -2.12. The first-order valence-corrected chi connectivity index (χ1v) is 10.3. The number of hydrogen-bond acceptors (Lipinski definition) is 16. The van der Waals surface area contributed by atoms with Crippen LogP contribution >= 0.6 is 0 Å². The molecular formula is C21H26O16. The molecule has 16 heteroatoms. The van der Waals surface area contributed by atoms with Crippen molar-refractivity contribution in [1.82, 2.24) is 0 Å². The quantitative estimate of drug-likeness (QED) is 0.0633. The molecule has 0 aromatic heterocycles. The van der Waals surface area contributed by atoms with Gasteiger partial charge in [0.05, 0.1) is 26.4 Å². The maximum atomic E-state index is 12.2. The number of rotatable bonds is 14. The molecule has 1 rings (SSSR count). The Morgan fingerprint density at radius 2 is 1.19 bits per heavy atom. The number of aliphatic hydroxyl groups is 8. The van der Waals surface area contributed by atoms with Gasteiger partial charge in [0.2, 0.25) is 5.75 Å². The van der Waals surface area contributed by atoms with Crippen molar-refractivity contribution in [2.45, 2.75) is 24.4 Å². The van der Waals surface area contributed by atoms with Crippen molar-refractivity contribution in [1.29, 1.82) is 0 Å². The van der Waals surface area contributed by atoms with Gasteiger partial charge in [0.1, 0.15) is 12.7 Å². The van der Waals surface area contributed by atoms with Crippen molar-refractivity contribution in [2.24, 2.45) is 0 Å². The summed E-state index contributed by atoms with van der Waals surface area (Å²) in [6, 6.07) is 1.96. The standard InChI is InChI=1S/C21H26O16/c22-5-11(26)9-34-16(30)4-2-10-1-3-15(35-19(31)12(27)6-23)18(37-21(33)14(29)8-25)17(10)36-20(32)13(28)7-24/h1-4,11-14,22-29H,5-9H2. The molecule has 0 aliphatic heterocycles. The Hall–Kier alpha value is -3.48.